The molecule has 3 N–H and O–H groups in total. The molecule has 1 amide bonds. The number of hydrogen-bond acceptors (Lipinski definition) is 3. The van der Waals surface area contributed by atoms with E-state index in [1.54, 1.807) is 11.0 Å². The summed E-state index contributed by atoms with van der Waals surface area (Å²) >= 11 is 0. The van der Waals surface area contributed by atoms with E-state index in [0.717, 1.165) is 0 Å². The molecule has 1 aromatic rings. The lowest BCUT2D eigenvalue weighted by Crippen LogP contribution is -2.48. The van der Waals surface area contributed by atoms with Gasteiger partial charge in [0.2, 0.25) is 0 Å². The lowest BCUT2D eigenvalue weighted by atomic mass is 9.94. The van der Waals surface area contributed by atoms with Crippen molar-refractivity contribution < 1.29 is 19.1 Å². The number of halogens is 1. The molecule has 0 aromatic heterocycles. The number of hydrogen-bond donors (Lipinski definition) is 2. The molecule has 6 heteroatoms. The van der Waals surface area contributed by atoms with E-state index in [9.17, 15) is 14.0 Å². The molecule has 0 spiro atoms. The first kappa shape index (κ1) is 12.3. The quantitative estimate of drug-likeness (QED) is 0.831. The Morgan fingerprint density at radius 2 is 2.11 bits per heavy atom. The number of anilines is 1. The predicted molar refractivity (Wildman–Crippen MR) is 62.9 cm³/mol. The maximum atomic E-state index is 13.5. The minimum Gasteiger partial charge on any atom is -0.481 e. The van der Waals surface area contributed by atoms with E-state index < -0.39 is 17.7 Å². The summed E-state index contributed by atoms with van der Waals surface area (Å²) < 4.78 is 13.5. The van der Waals surface area contributed by atoms with E-state index in [2.05, 4.69) is 0 Å². The van der Waals surface area contributed by atoms with Gasteiger partial charge in [-0.3, -0.25) is 9.59 Å². The van der Waals surface area contributed by atoms with E-state index in [1.165, 1.54) is 12.1 Å². The van der Waals surface area contributed by atoms with Crippen LogP contribution in [-0.4, -0.2) is 30.1 Å². The molecule has 1 aromatic carbocycles. The summed E-state index contributed by atoms with van der Waals surface area (Å²) in [5.74, 6) is -2.29. The number of carbonyl (C=O) groups is 2. The fourth-order valence-electron chi connectivity index (χ4n) is 2.16. The minimum absolute atomic E-state index is 0.0338. The highest BCUT2D eigenvalue weighted by molar-refractivity contribution is 5.99. The number of rotatable bonds is 4. The summed E-state index contributed by atoms with van der Waals surface area (Å²) in [4.78, 5) is 23.5. The molecule has 1 aliphatic rings. The topological polar surface area (TPSA) is 83.6 Å². The maximum absolute atomic E-state index is 13.5. The first-order valence-corrected chi connectivity index (χ1v) is 5.54. The second kappa shape index (κ2) is 4.64. The Hall–Kier alpha value is -2.11. The van der Waals surface area contributed by atoms with Crippen LogP contribution in [-0.2, 0) is 4.79 Å². The fourth-order valence-corrected chi connectivity index (χ4v) is 2.16. The highest BCUT2D eigenvalue weighted by Gasteiger charge is 2.31. The number of aliphatic carboxylic acids is 1. The number of carboxylic acids is 1. The molecule has 1 heterocycles. The van der Waals surface area contributed by atoms with Gasteiger partial charge in [0.15, 0.2) is 0 Å². The van der Waals surface area contributed by atoms with Gasteiger partial charge in [-0.1, -0.05) is 6.07 Å². The van der Waals surface area contributed by atoms with Crippen molar-refractivity contribution in [1.29, 1.82) is 0 Å². The standard InChI is InChI=1S/C12H13FN2O3/c13-8-2-1-3-9(11(8)12(14)18)15-5-7(6-15)4-10(16)17/h1-3,7H,4-6H2,(H2,14,18)(H,16,17). The molecule has 0 saturated carbocycles. The third kappa shape index (κ3) is 2.27. The summed E-state index contributed by atoms with van der Waals surface area (Å²) in [6, 6.07) is 4.29. The van der Waals surface area contributed by atoms with Crippen molar-refractivity contribution in [3.05, 3.63) is 29.6 Å². The van der Waals surface area contributed by atoms with Crippen LogP contribution in [0.3, 0.4) is 0 Å². The van der Waals surface area contributed by atoms with Crippen LogP contribution in [0.25, 0.3) is 0 Å². The second-order valence-corrected chi connectivity index (χ2v) is 4.37. The van der Waals surface area contributed by atoms with E-state index in [4.69, 9.17) is 10.8 Å². The molecule has 0 radical (unpaired) electrons. The highest BCUT2D eigenvalue weighted by atomic mass is 19.1. The van der Waals surface area contributed by atoms with Gasteiger partial charge < -0.3 is 15.7 Å². The number of nitrogens with two attached hydrogens (primary N) is 1. The Balaban J connectivity index is 2.14. The molecule has 2 rings (SSSR count). The lowest BCUT2D eigenvalue weighted by molar-refractivity contribution is -0.138. The first-order valence-electron chi connectivity index (χ1n) is 5.54. The average Bonchev–Trinajstić information content (AvgIpc) is 2.21. The Kier molecular flexibility index (Phi) is 3.18. The number of nitrogens with zero attached hydrogens (tertiary/aromatic N) is 1. The largest absolute Gasteiger partial charge is 0.481 e. The van der Waals surface area contributed by atoms with Crippen molar-refractivity contribution in [2.75, 3.05) is 18.0 Å². The molecule has 0 unspecified atom stereocenters. The molecule has 0 aliphatic carbocycles. The molecular weight excluding hydrogens is 239 g/mol. The van der Waals surface area contributed by atoms with Crippen LogP contribution in [0, 0.1) is 11.7 Å². The predicted octanol–water partition coefficient (Wildman–Crippen LogP) is 0.836. The maximum Gasteiger partial charge on any atom is 0.303 e. The smallest absolute Gasteiger partial charge is 0.303 e. The number of benzene rings is 1. The van der Waals surface area contributed by atoms with Gasteiger partial charge in [-0.2, -0.15) is 0 Å². The first-order chi connectivity index (χ1) is 8.49. The van der Waals surface area contributed by atoms with Gasteiger partial charge >= 0.3 is 5.97 Å². The zero-order valence-electron chi connectivity index (χ0n) is 9.60. The average molecular weight is 252 g/mol. The summed E-state index contributed by atoms with van der Waals surface area (Å²) in [5.41, 5.74) is 5.45. The number of primary amides is 1. The monoisotopic (exact) mass is 252 g/mol. The Morgan fingerprint density at radius 3 is 2.67 bits per heavy atom. The van der Waals surface area contributed by atoms with E-state index in [-0.39, 0.29) is 17.9 Å². The molecule has 18 heavy (non-hydrogen) atoms. The molecule has 1 aliphatic heterocycles. The third-order valence-corrected chi connectivity index (χ3v) is 3.00. The van der Waals surface area contributed by atoms with E-state index >= 15 is 0 Å². The zero-order chi connectivity index (χ0) is 13.3. The zero-order valence-corrected chi connectivity index (χ0v) is 9.60. The summed E-state index contributed by atoms with van der Waals surface area (Å²) in [5, 5.41) is 8.64. The van der Waals surface area contributed by atoms with Gasteiger partial charge in [-0.15, -0.1) is 0 Å². The molecule has 1 saturated heterocycles. The highest BCUT2D eigenvalue weighted by Crippen LogP contribution is 2.30. The Morgan fingerprint density at radius 1 is 1.44 bits per heavy atom. The minimum atomic E-state index is -0.853. The SMILES string of the molecule is NC(=O)c1c(F)cccc1N1CC(CC(=O)O)C1. The van der Waals surface area contributed by atoms with Gasteiger partial charge in [-0.25, -0.2) is 4.39 Å². The molecule has 0 bridgehead atoms. The normalized spacial score (nSPS) is 15.3. The van der Waals surface area contributed by atoms with Crippen LogP contribution >= 0.6 is 0 Å². The number of amides is 1. The van der Waals surface area contributed by atoms with Crippen LogP contribution in [0.1, 0.15) is 16.8 Å². The number of carbonyl (C=O) groups excluding carboxylic acids is 1. The molecule has 0 atom stereocenters. The molecule has 1 fully saturated rings. The lowest BCUT2D eigenvalue weighted by Gasteiger charge is -2.41. The van der Waals surface area contributed by atoms with Crippen molar-refractivity contribution in [3.63, 3.8) is 0 Å². The van der Waals surface area contributed by atoms with Crippen molar-refractivity contribution in [3.8, 4) is 0 Å². The Bertz CT molecular complexity index is 498. The van der Waals surface area contributed by atoms with Crippen LogP contribution in [0.2, 0.25) is 0 Å². The second-order valence-electron chi connectivity index (χ2n) is 4.37. The van der Waals surface area contributed by atoms with Gasteiger partial charge in [0.25, 0.3) is 5.91 Å². The van der Waals surface area contributed by atoms with Crippen molar-refractivity contribution >= 4 is 17.6 Å². The third-order valence-electron chi connectivity index (χ3n) is 3.00. The number of carboxylic acid groups (broad SMARTS) is 1. The van der Waals surface area contributed by atoms with E-state index in [1.807, 2.05) is 0 Å². The van der Waals surface area contributed by atoms with Crippen molar-refractivity contribution in [2.45, 2.75) is 6.42 Å². The van der Waals surface area contributed by atoms with Gasteiger partial charge in [0.1, 0.15) is 5.82 Å². The van der Waals surface area contributed by atoms with Crippen molar-refractivity contribution in [2.24, 2.45) is 11.7 Å². The van der Waals surface area contributed by atoms with Crippen LogP contribution in [0.5, 0.6) is 0 Å². The molecule has 5 nitrogen and oxygen atoms in total. The summed E-state index contributed by atoms with van der Waals surface area (Å²) in [6.07, 6.45) is 0.0811. The fraction of sp³-hybridized carbons (Fsp3) is 0.333. The van der Waals surface area contributed by atoms with Crippen molar-refractivity contribution in [1.82, 2.24) is 0 Å². The van der Waals surface area contributed by atoms with Crippen LogP contribution in [0.4, 0.5) is 10.1 Å². The molecule has 96 valence electrons. The molecular formula is C12H13FN2O3. The van der Waals surface area contributed by atoms with Crippen LogP contribution in [0.15, 0.2) is 18.2 Å². The van der Waals surface area contributed by atoms with Gasteiger partial charge in [0.05, 0.1) is 17.7 Å². The summed E-state index contributed by atoms with van der Waals surface area (Å²) in [6.45, 7) is 0.992. The van der Waals surface area contributed by atoms with Gasteiger partial charge in [0, 0.05) is 19.0 Å². The summed E-state index contributed by atoms with van der Waals surface area (Å²) in [7, 11) is 0. The van der Waals surface area contributed by atoms with Gasteiger partial charge in [-0.05, 0) is 12.1 Å². The van der Waals surface area contributed by atoms with Crippen LogP contribution < -0.4 is 10.6 Å². The van der Waals surface area contributed by atoms with E-state index in [0.29, 0.717) is 18.8 Å². The Labute approximate surface area is 103 Å².